The van der Waals surface area contributed by atoms with E-state index in [0.717, 1.165) is 23.8 Å². The highest BCUT2D eigenvalue weighted by molar-refractivity contribution is 7.98. The van der Waals surface area contributed by atoms with Crippen LogP contribution in [0.4, 0.5) is 10.1 Å². The van der Waals surface area contributed by atoms with Crippen LogP contribution < -0.4 is 10.6 Å². The molecule has 0 fully saturated rings. The van der Waals surface area contributed by atoms with Crippen LogP contribution in [0.3, 0.4) is 0 Å². The lowest BCUT2D eigenvalue weighted by atomic mass is 10.2. The maximum atomic E-state index is 13.4. The zero-order valence-corrected chi connectivity index (χ0v) is 13.3. The van der Waals surface area contributed by atoms with Crippen LogP contribution in [0.1, 0.15) is 11.3 Å². The van der Waals surface area contributed by atoms with Gasteiger partial charge in [0, 0.05) is 18.0 Å². The molecule has 3 nitrogen and oxygen atoms in total. The first-order chi connectivity index (χ1) is 10.1. The summed E-state index contributed by atoms with van der Waals surface area (Å²) in [5.74, 6) is 2.48. The van der Waals surface area contributed by atoms with Crippen molar-refractivity contribution < 1.29 is 8.81 Å². The number of aryl methyl sites for hydroxylation is 1. The molecule has 0 saturated carbocycles. The average molecular weight is 324 g/mol. The van der Waals surface area contributed by atoms with E-state index in [2.05, 4.69) is 10.6 Å². The molecule has 0 aliphatic rings. The molecule has 112 valence electrons. The summed E-state index contributed by atoms with van der Waals surface area (Å²) >= 11 is 6.93. The Bertz CT molecular complexity index is 587. The van der Waals surface area contributed by atoms with Crippen LogP contribution in [-0.4, -0.2) is 17.4 Å². The predicted molar refractivity (Wildman–Crippen MR) is 90.2 cm³/mol. The van der Waals surface area contributed by atoms with Crippen LogP contribution in [-0.2, 0) is 5.75 Å². The Labute approximate surface area is 133 Å². The first-order valence-corrected chi connectivity index (χ1v) is 8.12. The van der Waals surface area contributed by atoms with Gasteiger partial charge in [-0.3, -0.25) is 0 Å². The fraction of sp³-hybridized carbons (Fsp3) is 0.267. The summed E-state index contributed by atoms with van der Waals surface area (Å²) < 4.78 is 18.6. The van der Waals surface area contributed by atoms with E-state index < -0.39 is 0 Å². The molecule has 0 radical (unpaired) electrons. The molecule has 0 aliphatic carbocycles. The quantitative estimate of drug-likeness (QED) is 0.622. The molecule has 2 rings (SSSR count). The molecule has 0 unspecified atom stereocenters. The van der Waals surface area contributed by atoms with Gasteiger partial charge in [0.05, 0.1) is 12.0 Å². The number of thioether (sulfide) groups is 1. The second-order valence-corrected chi connectivity index (χ2v) is 5.99. The summed E-state index contributed by atoms with van der Waals surface area (Å²) in [6.07, 6.45) is 1.67. The van der Waals surface area contributed by atoms with Gasteiger partial charge in [0.25, 0.3) is 0 Å². The van der Waals surface area contributed by atoms with Crippen molar-refractivity contribution in [1.29, 1.82) is 0 Å². The molecular formula is C15H17FN2OS2. The first-order valence-electron chi connectivity index (χ1n) is 6.56. The molecule has 0 aliphatic heterocycles. The van der Waals surface area contributed by atoms with Gasteiger partial charge in [-0.1, -0.05) is 6.07 Å². The maximum Gasteiger partial charge on any atom is 0.170 e. The van der Waals surface area contributed by atoms with Crippen LogP contribution in [0, 0.1) is 12.7 Å². The van der Waals surface area contributed by atoms with Gasteiger partial charge in [-0.25, -0.2) is 4.39 Å². The number of furan rings is 1. The van der Waals surface area contributed by atoms with Crippen LogP contribution in [0.25, 0.3) is 0 Å². The maximum absolute atomic E-state index is 13.4. The molecule has 1 heterocycles. The molecule has 1 aromatic heterocycles. The van der Waals surface area contributed by atoms with Gasteiger partial charge in [-0.15, -0.1) is 0 Å². The normalized spacial score (nSPS) is 10.4. The third kappa shape index (κ3) is 5.40. The van der Waals surface area contributed by atoms with Gasteiger partial charge < -0.3 is 15.1 Å². The number of halogens is 1. The van der Waals surface area contributed by atoms with Crippen LogP contribution in [0.5, 0.6) is 0 Å². The summed E-state index contributed by atoms with van der Waals surface area (Å²) in [6, 6.07) is 8.80. The molecular weight excluding hydrogens is 307 g/mol. The average Bonchev–Trinajstić information content (AvgIpc) is 2.96. The smallest absolute Gasteiger partial charge is 0.170 e. The van der Waals surface area contributed by atoms with E-state index in [-0.39, 0.29) is 5.82 Å². The SMILES string of the molecule is Cc1ccc(NC(=S)NCCSCc2ccco2)cc1F. The van der Waals surface area contributed by atoms with E-state index in [1.54, 1.807) is 37.1 Å². The molecule has 0 spiro atoms. The van der Waals surface area contributed by atoms with Gasteiger partial charge in [0.1, 0.15) is 11.6 Å². The second kappa shape index (κ2) is 8.05. The Morgan fingerprint density at radius 2 is 2.24 bits per heavy atom. The molecule has 0 bridgehead atoms. The number of thiocarbonyl (C=S) groups is 1. The van der Waals surface area contributed by atoms with Gasteiger partial charge >= 0.3 is 0 Å². The minimum absolute atomic E-state index is 0.239. The number of hydrogen-bond donors (Lipinski definition) is 2. The van der Waals surface area contributed by atoms with Crippen molar-refractivity contribution in [3.63, 3.8) is 0 Å². The fourth-order valence-corrected chi connectivity index (χ4v) is 2.63. The monoisotopic (exact) mass is 324 g/mol. The molecule has 6 heteroatoms. The number of hydrogen-bond acceptors (Lipinski definition) is 3. The lowest BCUT2D eigenvalue weighted by Crippen LogP contribution is -2.30. The number of anilines is 1. The first kappa shape index (κ1) is 15.9. The van der Waals surface area contributed by atoms with E-state index in [4.69, 9.17) is 16.6 Å². The minimum atomic E-state index is -0.239. The zero-order valence-electron chi connectivity index (χ0n) is 11.7. The number of rotatable bonds is 6. The summed E-state index contributed by atoms with van der Waals surface area (Å²) in [6.45, 7) is 2.47. The van der Waals surface area contributed by atoms with Crippen LogP contribution in [0.15, 0.2) is 41.0 Å². The summed E-state index contributed by atoms with van der Waals surface area (Å²) in [5, 5.41) is 6.56. The lowest BCUT2D eigenvalue weighted by Gasteiger charge is -2.10. The highest BCUT2D eigenvalue weighted by Crippen LogP contribution is 2.13. The topological polar surface area (TPSA) is 37.2 Å². The fourth-order valence-electron chi connectivity index (χ4n) is 1.65. The second-order valence-electron chi connectivity index (χ2n) is 4.48. The van der Waals surface area contributed by atoms with Gasteiger partial charge in [-0.05, 0) is 49.0 Å². The van der Waals surface area contributed by atoms with Crippen LogP contribution in [0.2, 0.25) is 0 Å². The van der Waals surface area contributed by atoms with Crippen molar-refractivity contribution in [1.82, 2.24) is 5.32 Å². The minimum Gasteiger partial charge on any atom is -0.468 e. The largest absolute Gasteiger partial charge is 0.468 e. The van der Waals surface area contributed by atoms with E-state index in [1.165, 1.54) is 6.07 Å². The van der Waals surface area contributed by atoms with Gasteiger partial charge in [0.15, 0.2) is 5.11 Å². The van der Waals surface area contributed by atoms with Crippen molar-refractivity contribution in [2.45, 2.75) is 12.7 Å². The lowest BCUT2D eigenvalue weighted by molar-refractivity contribution is 0.530. The molecule has 0 saturated heterocycles. The summed E-state index contributed by atoms with van der Waals surface area (Å²) in [5.41, 5.74) is 1.27. The molecule has 21 heavy (non-hydrogen) atoms. The Morgan fingerprint density at radius 1 is 1.38 bits per heavy atom. The standard InChI is InChI=1S/C15H17FN2OS2/c1-11-4-5-12(9-14(11)16)18-15(20)17-6-8-21-10-13-3-2-7-19-13/h2-5,7,9H,6,8,10H2,1H3,(H2,17,18,20). The van der Waals surface area contributed by atoms with Crippen molar-refractivity contribution in [3.05, 3.63) is 53.7 Å². The van der Waals surface area contributed by atoms with Gasteiger partial charge in [0.2, 0.25) is 0 Å². The Hall–Kier alpha value is -1.53. The molecule has 0 amide bonds. The molecule has 2 N–H and O–H groups in total. The molecule has 0 atom stereocenters. The number of nitrogens with one attached hydrogen (secondary N) is 2. The summed E-state index contributed by atoms with van der Waals surface area (Å²) in [4.78, 5) is 0. The van der Waals surface area contributed by atoms with E-state index in [9.17, 15) is 4.39 Å². The predicted octanol–water partition coefficient (Wildman–Crippen LogP) is 3.95. The van der Waals surface area contributed by atoms with Crippen LogP contribution >= 0.6 is 24.0 Å². The van der Waals surface area contributed by atoms with Crippen molar-refractivity contribution >= 4 is 34.8 Å². The van der Waals surface area contributed by atoms with Gasteiger partial charge in [-0.2, -0.15) is 11.8 Å². The molecule has 1 aromatic carbocycles. The molecule has 2 aromatic rings. The van der Waals surface area contributed by atoms with Crippen molar-refractivity contribution in [2.75, 3.05) is 17.6 Å². The van der Waals surface area contributed by atoms with E-state index in [0.29, 0.717) is 16.4 Å². The number of benzene rings is 1. The Kier molecular flexibility index (Phi) is 6.07. The Morgan fingerprint density at radius 3 is 2.95 bits per heavy atom. The van der Waals surface area contributed by atoms with E-state index >= 15 is 0 Å². The third-order valence-corrected chi connectivity index (χ3v) is 4.01. The highest BCUT2D eigenvalue weighted by atomic mass is 32.2. The summed E-state index contributed by atoms with van der Waals surface area (Å²) in [7, 11) is 0. The third-order valence-electron chi connectivity index (χ3n) is 2.79. The Balaban J connectivity index is 1.64. The van der Waals surface area contributed by atoms with Crippen molar-refractivity contribution in [3.8, 4) is 0 Å². The zero-order chi connectivity index (χ0) is 15.1. The van der Waals surface area contributed by atoms with Crippen molar-refractivity contribution in [2.24, 2.45) is 0 Å². The van der Waals surface area contributed by atoms with E-state index in [1.807, 2.05) is 12.1 Å². The highest BCUT2D eigenvalue weighted by Gasteiger charge is 2.01.